The zero-order valence-electron chi connectivity index (χ0n) is 32.1. The molecule has 4 nitrogen and oxygen atoms in total. The van der Waals surface area contributed by atoms with E-state index in [9.17, 15) is 0 Å². The number of benzene rings is 9. The summed E-state index contributed by atoms with van der Waals surface area (Å²) in [6.45, 7) is 0. The van der Waals surface area contributed by atoms with Gasteiger partial charge in [0.1, 0.15) is 50.4 Å². The minimum Gasteiger partial charge on any atom is -0.456 e. The lowest BCUT2D eigenvalue weighted by Gasteiger charge is -2.21. The molecule has 0 saturated carbocycles. The number of fused-ring (bicyclic) bond motifs is 9. The van der Waals surface area contributed by atoms with Gasteiger partial charge in [-0.05, 0) is 91.0 Å². The number of aromatic nitrogens is 3. The molecule has 0 atom stereocenters. The Morgan fingerprint density at radius 1 is 0.283 bits per heavy atom. The first-order valence-corrected chi connectivity index (χ1v) is 19.5. The molecular formula is C51H26B5N3O. The van der Waals surface area contributed by atoms with E-state index in [1.54, 1.807) is 0 Å². The molecule has 0 aliphatic carbocycles. The molecule has 0 amide bonds. The zero-order valence-corrected chi connectivity index (χ0v) is 32.1. The predicted molar refractivity (Wildman–Crippen MR) is 254 cm³/mol. The minimum atomic E-state index is 0.161. The Kier molecular flexibility index (Phi) is 8.42. The lowest BCUT2D eigenvalue weighted by Crippen LogP contribution is -2.55. The number of rotatable bonds is 5. The van der Waals surface area contributed by atoms with Crippen molar-refractivity contribution in [2.75, 3.05) is 0 Å². The quantitative estimate of drug-likeness (QED) is 0.135. The van der Waals surface area contributed by atoms with E-state index in [1.165, 1.54) is 32.3 Å². The second-order valence-corrected chi connectivity index (χ2v) is 15.1. The van der Waals surface area contributed by atoms with E-state index in [-0.39, 0.29) is 27.3 Å². The van der Waals surface area contributed by atoms with Crippen LogP contribution in [-0.4, -0.2) is 54.2 Å². The molecule has 0 aliphatic heterocycles. The van der Waals surface area contributed by atoms with Gasteiger partial charge < -0.3 is 4.42 Å². The summed E-state index contributed by atoms with van der Waals surface area (Å²) in [4.78, 5) is 14.9. The summed E-state index contributed by atoms with van der Waals surface area (Å²) in [6, 6.07) is 54.0. The van der Waals surface area contributed by atoms with Crippen LogP contribution in [0, 0.1) is 0 Å². The molecular weight excluding hydrogens is 725 g/mol. The molecule has 2 aromatic heterocycles. The largest absolute Gasteiger partial charge is 0.456 e. The topological polar surface area (TPSA) is 51.8 Å². The first kappa shape index (κ1) is 36.0. The summed E-state index contributed by atoms with van der Waals surface area (Å²) in [5.74, 6) is 1.47. The Morgan fingerprint density at radius 3 is 1.38 bits per heavy atom. The predicted octanol–water partition coefficient (Wildman–Crippen LogP) is 7.53. The smallest absolute Gasteiger partial charge is 0.164 e. The van der Waals surface area contributed by atoms with E-state index in [2.05, 4.69) is 91.0 Å². The summed E-state index contributed by atoms with van der Waals surface area (Å²) in [5, 5.41) is 9.51. The second-order valence-electron chi connectivity index (χ2n) is 15.1. The maximum absolute atomic E-state index is 6.50. The third-order valence-electron chi connectivity index (χ3n) is 11.6. The molecule has 266 valence electrons. The van der Waals surface area contributed by atoms with Gasteiger partial charge in [0.2, 0.25) is 0 Å². The van der Waals surface area contributed by atoms with Gasteiger partial charge in [0.05, 0.1) is 0 Å². The highest BCUT2D eigenvalue weighted by atomic mass is 16.3. The molecule has 0 spiro atoms. The normalized spacial score (nSPS) is 11.7. The Bertz CT molecular complexity index is 3500. The maximum atomic E-state index is 6.50. The van der Waals surface area contributed by atoms with Crippen LogP contribution in [0.2, 0.25) is 0 Å². The van der Waals surface area contributed by atoms with Crippen LogP contribution in [0.5, 0.6) is 0 Å². The Labute approximate surface area is 352 Å². The van der Waals surface area contributed by atoms with Crippen molar-refractivity contribution in [1.82, 2.24) is 15.0 Å². The average Bonchev–Trinajstić information content (AvgIpc) is 3.68. The minimum absolute atomic E-state index is 0.161. The van der Waals surface area contributed by atoms with Crippen molar-refractivity contribution < 1.29 is 4.42 Å². The third kappa shape index (κ3) is 5.79. The molecule has 11 rings (SSSR count). The van der Waals surface area contributed by atoms with Gasteiger partial charge in [0, 0.05) is 27.5 Å². The first-order chi connectivity index (χ1) is 29.3. The molecule has 0 aliphatic rings. The van der Waals surface area contributed by atoms with Crippen molar-refractivity contribution >= 4 is 121 Å². The number of nitrogens with zero attached hydrogens (tertiary/aromatic N) is 3. The van der Waals surface area contributed by atoms with E-state index in [4.69, 9.17) is 58.6 Å². The fraction of sp³-hybridized carbons (Fsp3) is 0. The van der Waals surface area contributed by atoms with Crippen LogP contribution < -0.4 is 27.3 Å². The number of furan rings is 1. The van der Waals surface area contributed by atoms with Crippen LogP contribution in [0.4, 0.5) is 0 Å². The molecule has 0 saturated heterocycles. The van der Waals surface area contributed by atoms with E-state index in [0.717, 1.165) is 44.2 Å². The third-order valence-corrected chi connectivity index (χ3v) is 11.6. The maximum Gasteiger partial charge on any atom is 0.164 e. The summed E-state index contributed by atoms with van der Waals surface area (Å²) in [7, 11) is 31.4. The molecule has 11 aromatic rings. The Balaban J connectivity index is 1.02. The van der Waals surface area contributed by atoms with Crippen LogP contribution in [0.15, 0.2) is 162 Å². The standard InChI is InChI=1S/C51H26B5N3O/c52-44-43(45(53)47(55)48(56)46(44)54)30-11-8-12-31(23-30)50-57-49(27-9-2-1-3-10-27)58-51(59-50)32-18-21-38-40-25-29(19-22-41(40)60-42(38)26-32)28-17-20-37-35-15-5-4-13-33(35)34-14-6-7-16-36(34)39(37)24-28/h1-26H. The molecule has 9 aromatic carbocycles. The van der Waals surface area contributed by atoms with Gasteiger partial charge in [-0.3, -0.25) is 0 Å². The highest BCUT2D eigenvalue weighted by molar-refractivity contribution is 6.68. The molecule has 10 radical (unpaired) electrons. The average molecular weight is 751 g/mol. The fourth-order valence-electron chi connectivity index (χ4n) is 8.51. The van der Waals surface area contributed by atoms with E-state index < -0.39 is 0 Å². The van der Waals surface area contributed by atoms with E-state index >= 15 is 0 Å². The summed E-state index contributed by atoms with van der Waals surface area (Å²) in [6.07, 6.45) is 0. The van der Waals surface area contributed by atoms with Gasteiger partial charge in [-0.1, -0.05) is 132 Å². The summed E-state index contributed by atoms with van der Waals surface area (Å²) in [5.41, 5.74) is 8.34. The Hall–Kier alpha value is -7.11. The molecule has 0 bridgehead atoms. The van der Waals surface area contributed by atoms with Crippen molar-refractivity contribution in [3.05, 3.63) is 158 Å². The summed E-state index contributed by atoms with van der Waals surface area (Å²) < 4.78 is 6.50. The molecule has 9 heteroatoms. The van der Waals surface area contributed by atoms with Crippen LogP contribution in [-0.2, 0) is 0 Å². The first-order valence-electron chi connectivity index (χ1n) is 19.5. The molecule has 60 heavy (non-hydrogen) atoms. The molecule has 0 fully saturated rings. The van der Waals surface area contributed by atoms with Gasteiger partial charge in [-0.2, -0.15) is 0 Å². The Morgan fingerprint density at radius 2 is 0.733 bits per heavy atom. The van der Waals surface area contributed by atoms with E-state index in [0.29, 0.717) is 34.2 Å². The second kappa shape index (κ2) is 14.0. The summed E-state index contributed by atoms with van der Waals surface area (Å²) >= 11 is 0. The van der Waals surface area contributed by atoms with Crippen LogP contribution in [0.1, 0.15) is 0 Å². The number of hydrogen-bond acceptors (Lipinski definition) is 4. The lowest BCUT2D eigenvalue weighted by molar-refractivity contribution is 0.669. The highest BCUT2D eigenvalue weighted by Crippen LogP contribution is 2.39. The molecule has 2 heterocycles. The lowest BCUT2D eigenvalue weighted by atomic mass is 9.59. The monoisotopic (exact) mass is 751 g/mol. The van der Waals surface area contributed by atoms with Crippen molar-refractivity contribution in [2.45, 2.75) is 0 Å². The number of hydrogen-bond donors (Lipinski definition) is 0. The van der Waals surface area contributed by atoms with Gasteiger partial charge in [-0.15, -0.1) is 16.4 Å². The molecule has 0 unspecified atom stereocenters. The van der Waals surface area contributed by atoms with Gasteiger partial charge >= 0.3 is 0 Å². The van der Waals surface area contributed by atoms with Crippen molar-refractivity contribution in [3.8, 4) is 56.4 Å². The van der Waals surface area contributed by atoms with E-state index in [1.807, 2.05) is 66.7 Å². The fourth-order valence-corrected chi connectivity index (χ4v) is 8.51. The van der Waals surface area contributed by atoms with Crippen LogP contribution in [0.3, 0.4) is 0 Å². The van der Waals surface area contributed by atoms with Crippen molar-refractivity contribution in [3.63, 3.8) is 0 Å². The molecule has 0 N–H and O–H groups in total. The SMILES string of the molecule is [B]c1c([B])c([B])c(-c2cccc(-c3nc(-c4ccccc4)nc(-c4ccc5c(c4)oc4ccc(-c6ccc7c8ccccc8c8ccccc8c7c6)cc45)n3)c2)c([B])c1[B]. The van der Waals surface area contributed by atoms with Crippen molar-refractivity contribution in [2.24, 2.45) is 0 Å². The van der Waals surface area contributed by atoms with Gasteiger partial charge in [0.15, 0.2) is 17.5 Å². The highest BCUT2D eigenvalue weighted by Gasteiger charge is 2.18. The zero-order chi connectivity index (χ0) is 40.6. The van der Waals surface area contributed by atoms with Crippen LogP contribution in [0.25, 0.3) is 111 Å². The van der Waals surface area contributed by atoms with Crippen molar-refractivity contribution in [1.29, 1.82) is 0 Å². The van der Waals surface area contributed by atoms with Crippen LogP contribution >= 0.6 is 0 Å². The van der Waals surface area contributed by atoms with Gasteiger partial charge in [0.25, 0.3) is 0 Å². The van der Waals surface area contributed by atoms with Gasteiger partial charge in [-0.25, -0.2) is 15.0 Å².